The molecule has 0 amide bonds. The van der Waals surface area contributed by atoms with E-state index in [4.69, 9.17) is 4.98 Å². The number of hydrogen-bond acceptors (Lipinski definition) is 4. The van der Waals surface area contributed by atoms with Crippen molar-refractivity contribution in [1.29, 1.82) is 0 Å². The highest BCUT2D eigenvalue weighted by Crippen LogP contribution is 2.24. The van der Waals surface area contributed by atoms with Gasteiger partial charge in [0.15, 0.2) is 0 Å². The molecule has 0 saturated carbocycles. The van der Waals surface area contributed by atoms with Crippen LogP contribution in [0.1, 0.15) is 5.01 Å². The molecule has 0 fully saturated rings. The lowest BCUT2D eigenvalue weighted by Crippen LogP contribution is -2.05. The number of nitrogens with one attached hydrogen (secondary N) is 1. The fraction of sp³-hybridized carbons (Fsp3) is 0.100. The highest BCUT2D eigenvalue weighted by molar-refractivity contribution is 7.09. The molecule has 5 heteroatoms. The standard InChI is InChI=1S/C20H16FN3S/c21-16-8-4-7-15-17(9-11-23-20(15)16)22-12-10-19-24-18(13-25-19)14-5-2-1-3-6-14/h1-9,11,13H,10,12H2,(H,22,23). The average Bonchev–Trinajstić information content (AvgIpc) is 3.12. The summed E-state index contributed by atoms with van der Waals surface area (Å²) in [6, 6.07) is 17.1. The summed E-state index contributed by atoms with van der Waals surface area (Å²) in [5, 5.41) is 7.33. The number of fused-ring (bicyclic) bond motifs is 1. The molecule has 0 unspecified atom stereocenters. The van der Waals surface area contributed by atoms with Gasteiger partial charge in [-0.3, -0.25) is 4.98 Å². The Morgan fingerprint density at radius 2 is 1.88 bits per heavy atom. The van der Waals surface area contributed by atoms with Gasteiger partial charge in [-0.15, -0.1) is 11.3 Å². The van der Waals surface area contributed by atoms with Crippen LogP contribution in [0.5, 0.6) is 0 Å². The van der Waals surface area contributed by atoms with E-state index in [-0.39, 0.29) is 5.82 Å². The summed E-state index contributed by atoms with van der Waals surface area (Å²) in [5.74, 6) is -0.298. The van der Waals surface area contributed by atoms with Gasteiger partial charge in [-0.2, -0.15) is 0 Å². The van der Waals surface area contributed by atoms with E-state index in [2.05, 4.69) is 27.8 Å². The first-order valence-corrected chi connectivity index (χ1v) is 8.96. The molecule has 0 aliphatic carbocycles. The maximum atomic E-state index is 13.8. The molecule has 2 aromatic carbocycles. The number of para-hydroxylation sites is 1. The van der Waals surface area contributed by atoms with Crippen molar-refractivity contribution < 1.29 is 4.39 Å². The molecule has 3 nitrogen and oxygen atoms in total. The van der Waals surface area contributed by atoms with Gasteiger partial charge in [-0.1, -0.05) is 42.5 Å². The Bertz CT molecular complexity index is 998. The second kappa shape index (κ2) is 6.99. The first-order chi connectivity index (χ1) is 12.3. The molecular formula is C20H16FN3S. The summed E-state index contributed by atoms with van der Waals surface area (Å²) < 4.78 is 13.8. The highest BCUT2D eigenvalue weighted by Gasteiger charge is 2.07. The van der Waals surface area contributed by atoms with Gasteiger partial charge in [-0.05, 0) is 12.1 Å². The molecule has 2 aromatic heterocycles. The smallest absolute Gasteiger partial charge is 0.149 e. The van der Waals surface area contributed by atoms with Crippen LogP contribution in [0.2, 0.25) is 0 Å². The Morgan fingerprint density at radius 3 is 2.76 bits per heavy atom. The van der Waals surface area contributed by atoms with Gasteiger partial charge in [0, 0.05) is 41.2 Å². The second-order valence-electron chi connectivity index (χ2n) is 5.66. The predicted octanol–water partition coefficient (Wildman–Crippen LogP) is 5.15. The van der Waals surface area contributed by atoms with E-state index < -0.39 is 0 Å². The molecule has 4 rings (SSSR count). The molecule has 1 N–H and O–H groups in total. The van der Waals surface area contributed by atoms with Crippen LogP contribution in [0.3, 0.4) is 0 Å². The molecule has 124 valence electrons. The quantitative estimate of drug-likeness (QED) is 0.541. The molecule has 0 aliphatic rings. The van der Waals surface area contributed by atoms with E-state index in [0.29, 0.717) is 5.52 Å². The number of nitrogens with zero attached hydrogens (tertiary/aromatic N) is 2. The van der Waals surface area contributed by atoms with Crippen LogP contribution in [0, 0.1) is 5.82 Å². The van der Waals surface area contributed by atoms with E-state index in [1.165, 1.54) is 6.07 Å². The lowest BCUT2D eigenvalue weighted by molar-refractivity contribution is 0.637. The zero-order valence-electron chi connectivity index (χ0n) is 13.4. The van der Waals surface area contributed by atoms with Crippen molar-refractivity contribution in [2.24, 2.45) is 0 Å². The maximum Gasteiger partial charge on any atom is 0.149 e. The van der Waals surface area contributed by atoms with Crippen molar-refractivity contribution in [2.45, 2.75) is 6.42 Å². The van der Waals surface area contributed by atoms with E-state index in [1.807, 2.05) is 30.3 Å². The Morgan fingerprint density at radius 1 is 1.00 bits per heavy atom. The molecule has 0 atom stereocenters. The molecule has 4 aromatic rings. The number of hydrogen-bond donors (Lipinski definition) is 1. The SMILES string of the molecule is Fc1cccc2c(NCCc3nc(-c4ccccc4)cs3)ccnc12. The largest absolute Gasteiger partial charge is 0.384 e. The van der Waals surface area contributed by atoms with Crippen LogP contribution < -0.4 is 5.32 Å². The molecule has 0 saturated heterocycles. The lowest BCUT2D eigenvalue weighted by atomic mass is 10.2. The van der Waals surface area contributed by atoms with Gasteiger partial charge < -0.3 is 5.32 Å². The van der Waals surface area contributed by atoms with Crippen molar-refractivity contribution in [3.8, 4) is 11.3 Å². The number of anilines is 1. The van der Waals surface area contributed by atoms with Crippen molar-refractivity contribution in [3.63, 3.8) is 0 Å². The first-order valence-electron chi connectivity index (χ1n) is 8.08. The van der Waals surface area contributed by atoms with Crippen LogP contribution in [-0.2, 0) is 6.42 Å². The topological polar surface area (TPSA) is 37.8 Å². The van der Waals surface area contributed by atoms with Gasteiger partial charge in [0.25, 0.3) is 0 Å². The third-order valence-corrected chi connectivity index (χ3v) is 4.91. The van der Waals surface area contributed by atoms with Crippen LogP contribution in [0.15, 0.2) is 66.2 Å². The molecule has 0 bridgehead atoms. The van der Waals surface area contributed by atoms with Crippen LogP contribution in [0.4, 0.5) is 10.1 Å². The third kappa shape index (κ3) is 3.37. The second-order valence-corrected chi connectivity index (χ2v) is 6.61. The van der Waals surface area contributed by atoms with E-state index in [9.17, 15) is 4.39 Å². The number of aromatic nitrogens is 2. The molecule has 25 heavy (non-hydrogen) atoms. The van der Waals surface area contributed by atoms with Crippen molar-refractivity contribution in [3.05, 3.63) is 77.0 Å². The van der Waals surface area contributed by atoms with E-state index in [0.717, 1.165) is 40.3 Å². The van der Waals surface area contributed by atoms with Gasteiger partial charge in [0.1, 0.15) is 11.3 Å². The monoisotopic (exact) mass is 349 g/mol. The first kappa shape index (κ1) is 15.7. The number of benzene rings is 2. The molecule has 0 spiro atoms. The normalized spacial score (nSPS) is 10.9. The number of pyridine rings is 1. The summed E-state index contributed by atoms with van der Waals surface area (Å²) >= 11 is 1.66. The predicted molar refractivity (Wildman–Crippen MR) is 101 cm³/mol. The third-order valence-electron chi connectivity index (χ3n) is 4.00. The average molecular weight is 349 g/mol. The zero-order valence-corrected chi connectivity index (χ0v) is 14.3. The minimum absolute atomic E-state index is 0.298. The zero-order chi connectivity index (χ0) is 17.1. The molecule has 0 radical (unpaired) electrons. The van der Waals surface area contributed by atoms with Crippen LogP contribution in [-0.4, -0.2) is 16.5 Å². The Balaban J connectivity index is 1.45. The van der Waals surface area contributed by atoms with E-state index in [1.54, 1.807) is 23.6 Å². The summed E-state index contributed by atoms with van der Waals surface area (Å²) in [4.78, 5) is 8.81. The van der Waals surface area contributed by atoms with Crippen LogP contribution >= 0.6 is 11.3 Å². The van der Waals surface area contributed by atoms with Crippen molar-refractivity contribution in [2.75, 3.05) is 11.9 Å². The summed E-state index contributed by atoms with van der Waals surface area (Å²) in [5.41, 5.74) is 3.43. The minimum atomic E-state index is -0.298. The van der Waals surface area contributed by atoms with Gasteiger partial charge >= 0.3 is 0 Å². The van der Waals surface area contributed by atoms with E-state index >= 15 is 0 Å². The minimum Gasteiger partial charge on any atom is -0.384 e. The molecule has 2 heterocycles. The van der Waals surface area contributed by atoms with Crippen molar-refractivity contribution in [1.82, 2.24) is 9.97 Å². The van der Waals surface area contributed by atoms with Gasteiger partial charge in [-0.25, -0.2) is 9.37 Å². The summed E-state index contributed by atoms with van der Waals surface area (Å²) in [7, 11) is 0. The Kier molecular flexibility index (Phi) is 4.39. The van der Waals surface area contributed by atoms with Crippen molar-refractivity contribution >= 4 is 27.9 Å². The fourth-order valence-electron chi connectivity index (χ4n) is 2.77. The fourth-order valence-corrected chi connectivity index (χ4v) is 3.57. The lowest BCUT2D eigenvalue weighted by Gasteiger charge is -2.08. The number of rotatable bonds is 5. The number of halogens is 1. The maximum absolute atomic E-state index is 13.8. The Labute approximate surface area is 149 Å². The van der Waals surface area contributed by atoms with Crippen LogP contribution in [0.25, 0.3) is 22.2 Å². The molecule has 0 aliphatic heterocycles. The highest BCUT2D eigenvalue weighted by atomic mass is 32.1. The summed E-state index contributed by atoms with van der Waals surface area (Å²) in [6.45, 7) is 0.734. The number of thiazole rings is 1. The summed E-state index contributed by atoms with van der Waals surface area (Å²) in [6.07, 6.45) is 2.45. The molecular weight excluding hydrogens is 333 g/mol. The van der Waals surface area contributed by atoms with Gasteiger partial charge in [0.05, 0.1) is 10.7 Å². The van der Waals surface area contributed by atoms with Gasteiger partial charge in [0.2, 0.25) is 0 Å². The Hall–Kier alpha value is -2.79.